The molecule has 13 heavy (non-hydrogen) atoms. The molecule has 0 saturated heterocycles. The van der Waals surface area contributed by atoms with Crippen molar-refractivity contribution in [3.05, 3.63) is 22.2 Å². The van der Waals surface area contributed by atoms with Crippen molar-refractivity contribution < 1.29 is 0 Å². The van der Waals surface area contributed by atoms with E-state index in [1.54, 1.807) is 17.8 Å². The quantitative estimate of drug-likeness (QED) is 0.632. The highest BCUT2D eigenvalue weighted by molar-refractivity contribution is 7.99. The minimum atomic E-state index is 0.514. The van der Waals surface area contributed by atoms with Crippen molar-refractivity contribution in [2.75, 3.05) is 11.5 Å². The Morgan fingerprint density at radius 1 is 1.31 bits per heavy atom. The molecule has 0 heterocycles. The minimum absolute atomic E-state index is 0.514. The van der Waals surface area contributed by atoms with Crippen LogP contribution in [0.25, 0.3) is 0 Å². The molecule has 0 fully saturated rings. The molecule has 0 spiro atoms. The van der Waals surface area contributed by atoms with Crippen LogP contribution in [0.4, 0.5) is 5.69 Å². The maximum atomic E-state index is 5.86. The van der Waals surface area contributed by atoms with E-state index in [1.807, 2.05) is 6.07 Å². The van der Waals surface area contributed by atoms with Gasteiger partial charge in [0, 0.05) is 10.6 Å². The molecule has 72 valence electrons. The van der Waals surface area contributed by atoms with E-state index in [0.29, 0.717) is 15.7 Å². The lowest BCUT2D eigenvalue weighted by molar-refractivity contribution is 1.10. The van der Waals surface area contributed by atoms with Crippen LogP contribution in [-0.2, 0) is 0 Å². The van der Waals surface area contributed by atoms with Gasteiger partial charge in [0.05, 0.1) is 10.0 Å². The number of thioether (sulfide) groups is 1. The molecule has 0 aromatic heterocycles. The second-order valence-corrected chi connectivity index (χ2v) is 4.60. The molecule has 2 N–H and O–H groups in total. The van der Waals surface area contributed by atoms with E-state index in [9.17, 15) is 0 Å². The van der Waals surface area contributed by atoms with Crippen LogP contribution in [0.1, 0.15) is 13.3 Å². The third-order valence-corrected chi connectivity index (χ3v) is 3.51. The molecule has 0 saturated carbocycles. The fourth-order valence-corrected chi connectivity index (χ4v) is 2.13. The fourth-order valence-electron chi connectivity index (χ4n) is 0.881. The van der Waals surface area contributed by atoms with Crippen molar-refractivity contribution >= 4 is 40.7 Å². The number of hydrogen-bond acceptors (Lipinski definition) is 2. The van der Waals surface area contributed by atoms with E-state index in [2.05, 4.69) is 6.92 Å². The van der Waals surface area contributed by atoms with Crippen LogP contribution in [0.3, 0.4) is 0 Å². The molecule has 0 aliphatic heterocycles. The standard InChI is InChI=1S/C9H11Cl2NS/c1-2-3-13-9-5-7(11)6(10)4-8(9)12/h4-5H,2-3,12H2,1H3. The minimum Gasteiger partial charge on any atom is -0.398 e. The maximum absolute atomic E-state index is 5.86. The second kappa shape index (κ2) is 4.99. The molecular weight excluding hydrogens is 225 g/mol. The predicted molar refractivity (Wildman–Crippen MR) is 61.9 cm³/mol. The molecule has 1 rings (SSSR count). The van der Waals surface area contributed by atoms with Gasteiger partial charge in [-0.1, -0.05) is 30.1 Å². The third kappa shape index (κ3) is 2.97. The normalized spacial score (nSPS) is 10.4. The van der Waals surface area contributed by atoms with Gasteiger partial charge in [0.25, 0.3) is 0 Å². The highest BCUT2D eigenvalue weighted by atomic mass is 35.5. The predicted octanol–water partition coefficient (Wildman–Crippen LogP) is 4.08. The highest BCUT2D eigenvalue weighted by Gasteiger charge is 2.04. The summed E-state index contributed by atoms with van der Waals surface area (Å²) in [5.41, 5.74) is 6.47. The van der Waals surface area contributed by atoms with Gasteiger partial charge in [0.1, 0.15) is 0 Å². The Morgan fingerprint density at radius 2 is 1.92 bits per heavy atom. The first-order chi connectivity index (χ1) is 6.15. The Labute approximate surface area is 92.6 Å². The molecule has 1 aromatic carbocycles. The summed E-state index contributed by atoms with van der Waals surface area (Å²) in [5.74, 6) is 1.04. The number of halogens is 2. The largest absolute Gasteiger partial charge is 0.398 e. The lowest BCUT2D eigenvalue weighted by atomic mass is 10.3. The van der Waals surface area contributed by atoms with E-state index in [-0.39, 0.29) is 0 Å². The first-order valence-corrected chi connectivity index (χ1v) is 5.76. The Kier molecular flexibility index (Phi) is 4.23. The summed E-state index contributed by atoms with van der Waals surface area (Å²) in [4.78, 5) is 1.01. The Morgan fingerprint density at radius 3 is 2.54 bits per heavy atom. The SMILES string of the molecule is CCCSc1cc(Cl)c(Cl)cc1N. The van der Waals surface area contributed by atoms with E-state index in [1.165, 1.54) is 0 Å². The maximum Gasteiger partial charge on any atom is 0.0613 e. The fraction of sp³-hybridized carbons (Fsp3) is 0.333. The topological polar surface area (TPSA) is 26.0 Å². The second-order valence-electron chi connectivity index (χ2n) is 2.65. The Bertz CT molecular complexity index is 302. The molecule has 0 aliphatic carbocycles. The summed E-state index contributed by atoms with van der Waals surface area (Å²) in [5, 5.41) is 1.08. The van der Waals surface area contributed by atoms with Gasteiger partial charge in [0.2, 0.25) is 0 Å². The van der Waals surface area contributed by atoms with Gasteiger partial charge < -0.3 is 5.73 Å². The van der Waals surface area contributed by atoms with Crippen LogP contribution in [0.5, 0.6) is 0 Å². The van der Waals surface area contributed by atoms with Gasteiger partial charge in [-0.15, -0.1) is 11.8 Å². The molecule has 0 amide bonds. The van der Waals surface area contributed by atoms with Crippen LogP contribution in [0.15, 0.2) is 17.0 Å². The monoisotopic (exact) mass is 235 g/mol. The number of nitrogen functional groups attached to an aromatic ring is 1. The van der Waals surface area contributed by atoms with Gasteiger partial charge in [-0.05, 0) is 24.3 Å². The lowest BCUT2D eigenvalue weighted by Gasteiger charge is -2.06. The Balaban J connectivity index is 2.88. The first kappa shape index (κ1) is 11.0. The average molecular weight is 236 g/mol. The van der Waals surface area contributed by atoms with Crippen molar-refractivity contribution in [1.29, 1.82) is 0 Å². The van der Waals surface area contributed by atoms with Crippen molar-refractivity contribution in [2.45, 2.75) is 18.2 Å². The molecule has 1 nitrogen and oxygen atoms in total. The van der Waals surface area contributed by atoms with E-state index in [0.717, 1.165) is 17.1 Å². The molecule has 0 radical (unpaired) electrons. The molecule has 0 atom stereocenters. The van der Waals surface area contributed by atoms with Gasteiger partial charge >= 0.3 is 0 Å². The third-order valence-electron chi connectivity index (χ3n) is 1.51. The number of nitrogens with two attached hydrogens (primary N) is 1. The van der Waals surface area contributed by atoms with E-state index in [4.69, 9.17) is 28.9 Å². The molecule has 1 aromatic rings. The summed E-state index contributed by atoms with van der Waals surface area (Å²) in [6, 6.07) is 3.52. The lowest BCUT2D eigenvalue weighted by Crippen LogP contribution is -1.89. The van der Waals surface area contributed by atoms with Crippen LogP contribution < -0.4 is 5.73 Å². The zero-order chi connectivity index (χ0) is 9.84. The summed E-state index contributed by atoms with van der Waals surface area (Å²) in [7, 11) is 0. The summed E-state index contributed by atoms with van der Waals surface area (Å²) >= 11 is 13.4. The summed E-state index contributed by atoms with van der Waals surface area (Å²) in [6.45, 7) is 2.13. The first-order valence-electron chi connectivity index (χ1n) is 4.02. The van der Waals surface area contributed by atoms with Crippen molar-refractivity contribution in [3.63, 3.8) is 0 Å². The van der Waals surface area contributed by atoms with Gasteiger partial charge in [0.15, 0.2) is 0 Å². The highest BCUT2D eigenvalue weighted by Crippen LogP contribution is 2.33. The van der Waals surface area contributed by atoms with Crippen molar-refractivity contribution in [1.82, 2.24) is 0 Å². The van der Waals surface area contributed by atoms with Gasteiger partial charge in [-0.2, -0.15) is 0 Å². The van der Waals surface area contributed by atoms with Gasteiger partial charge in [-0.25, -0.2) is 0 Å². The molecule has 4 heteroatoms. The van der Waals surface area contributed by atoms with E-state index >= 15 is 0 Å². The van der Waals surface area contributed by atoms with Crippen molar-refractivity contribution in [2.24, 2.45) is 0 Å². The summed E-state index contributed by atoms with van der Waals surface area (Å²) < 4.78 is 0. The number of benzene rings is 1. The van der Waals surface area contributed by atoms with Crippen LogP contribution in [-0.4, -0.2) is 5.75 Å². The van der Waals surface area contributed by atoms with Gasteiger partial charge in [-0.3, -0.25) is 0 Å². The number of hydrogen-bond donors (Lipinski definition) is 1. The molecule has 0 unspecified atom stereocenters. The van der Waals surface area contributed by atoms with Crippen molar-refractivity contribution in [3.8, 4) is 0 Å². The van der Waals surface area contributed by atoms with Crippen LogP contribution >= 0.6 is 35.0 Å². The zero-order valence-electron chi connectivity index (χ0n) is 7.31. The average Bonchev–Trinajstić information content (AvgIpc) is 2.09. The number of anilines is 1. The van der Waals surface area contributed by atoms with Crippen LogP contribution in [0, 0.1) is 0 Å². The molecule has 0 bridgehead atoms. The summed E-state index contributed by atoms with van der Waals surface area (Å²) in [6.07, 6.45) is 1.12. The smallest absolute Gasteiger partial charge is 0.0613 e. The zero-order valence-corrected chi connectivity index (χ0v) is 9.64. The number of rotatable bonds is 3. The Hall–Kier alpha value is -0.0500. The van der Waals surface area contributed by atoms with Crippen LogP contribution in [0.2, 0.25) is 10.0 Å². The molecule has 0 aliphatic rings. The van der Waals surface area contributed by atoms with E-state index < -0.39 is 0 Å². The molecular formula is C9H11Cl2NS.